The molecule has 0 spiro atoms. The summed E-state index contributed by atoms with van der Waals surface area (Å²) < 4.78 is 24.7. The van der Waals surface area contributed by atoms with Crippen molar-refractivity contribution in [3.05, 3.63) is 63.7 Å². The third kappa shape index (κ3) is 3.77. The lowest BCUT2D eigenvalue weighted by Crippen LogP contribution is -2.06. The van der Waals surface area contributed by atoms with Crippen LogP contribution >= 0.6 is 23.2 Å². The molecule has 1 aromatic carbocycles. The van der Waals surface area contributed by atoms with E-state index in [1.165, 1.54) is 30.5 Å². The Hall–Kier alpha value is -2.07. The molecule has 0 saturated heterocycles. The van der Waals surface area contributed by atoms with Crippen LogP contribution in [0.2, 0.25) is 10.0 Å². The molecule has 1 aromatic heterocycles. The van der Waals surface area contributed by atoms with E-state index in [1.807, 2.05) is 0 Å². The maximum atomic E-state index is 12.3. The third-order valence-electron chi connectivity index (χ3n) is 2.60. The van der Waals surface area contributed by atoms with Gasteiger partial charge in [0.1, 0.15) is 11.9 Å². The monoisotopic (exact) mass is 353 g/mol. The molecule has 0 amide bonds. The Bertz CT molecular complexity index is 839. The van der Waals surface area contributed by atoms with Crippen LogP contribution in [-0.4, -0.2) is 13.4 Å². The number of nitrogens with zero attached hydrogens (tertiary/aromatic N) is 2. The van der Waals surface area contributed by atoms with Gasteiger partial charge in [-0.25, -0.2) is 13.4 Å². The maximum absolute atomic E-state index is 12.3. The van der Waals surface area contributed by atoms with Gasteiger partial charge in [-0.3, -0.25) is 0 Å². The number of halogens is 2. The van der Waals surface area contributed by atoms with Gasteiger partial charge in [0.2, 0.25) is 9.84 Å². The summed E-state index contributed by atoms with van der Waals surface area (Å²) in [4.78, 5) is 3.49. The Balaban J connectivity index is 2.30. The van der Waals surface area contributed by atoms with Crippen molar-refractivity contribution in [3.63, 3.8) is 0 Å². The summed E-state index contributed by atoms with van der Waals surface area (Å²) in [6, 6.07) is 10.4. The van der Waals surface area contributed by atoms with Crippen LogP contribution in [0.3, 0.4) is 0 Å². The van der Waals surface area contributed by atoms with E-state index in [-0.39, 0.29) is 4.90 Å². The molecule has 0 bridgehead atoms. The Morgan fingerprint density at radius 3 is 2.32 bits per heavy atom. The summed E-state index contributed by atoms with van der Waals surface area (Å²) in [5.74, 6) is 0.364. The summed E-state index contributed by atoms with van der Waals surface area (Å²) in [6.07, 6.45) is 2.48. The summed E-state index contributed by atoms with van der Waals surface area (Å²) in [5, 5.41) is 12.6. The van der Waals surface area contributed by atoms with E-state index in [0.29, 0.717) is 15.9 Å². The molecule has 0 radical (unpaired) electrons. The van der Waals surface area contributed by atoms with Gasteiger partial charge >= 0.3 is 0 Å². The normalized spacial score (nSPS) is 11.8. The quantitative estimate of drug-likeness (QED) is 0.848. The van der Waals surface area contributed by atoms with Gasteiger partial charge in [0.25, 0.3) is 0 Å². The molecule has 0 aliphatic rings. The molecule has 1 N–H and O–H groups in total. The van der Waals surface area contributed by atoms with Crippen LogP contribution in [0.5, 0.6) is 0 Å². The fourth-order valence-corrected chi connectivity index (χ4v) is 2.83. The largest absolute Gasteiger partial charge is 0.345 e. The third-order valence-corrected chi connectivity index (χ3v) is 4.76. The molecule has 5 nitrogen and oxygen atoms in total. The number of hydrogen-bond acceptors (Lipinski definition) is 5. The lowest BCUT2D eigenvalue weighted by molar-refractivity contribution is 0.603. The number of benzene rings is 1. The first kappa shape index (κ1) is 16.3. The average Bonchev–Trinajstić information content (AvgIpc) is 2.50. The molecule has 8 heteroatoms. The van der Waals surface area contributed by atoms with Gasteiger partial charge in [-0.1, -0.05) is 23.2 Å². The Kier molecular flexibility index (Phi) is 5.03. The highest BCUT2D eigenvalue weighted by Crippen LogP contribution is 2.21. The molecule has 112 valence electrons. The van der Waals surface area contributed by atoms with Crippen molar-refractivity contribution in [2.45, 2.75) is 4.90 Å². The smallest absolute Gasteiger partial charge is 0.218 e. The molecule has 0 unspecified atom stereocenters. The Morgan fingerprint density at radius 2 is 1.77 bits per heavy atom. The first-order valence-electron chi connectivity index (χ1n) is 5.92. The summed E-state index contributed by atoms with van der Waals surface area (Å²) >= 11 is 11.4. The number of rotatable bonds is 4. The van der Waals surface area contributed by atoms with Gasteiger partial charge in [0, 0.05) is 17.4 Å². The van der Waals surface area contributed by atoms with Crippen LogP contribution in [0.4, 0.5) is 5.82 Å². The summed E-state index contributed by atoms with van der Waals surface area (Å²) in [7, 11) is -3.92. The highest BCUT2D eigenvalue weighted by molar-refractivity contribution is 7.95. The molecule has 2 rings (SSSR count). The van der Waals surface area contributed by atoms with Crippen molar-refractivity contribution < 1.29 is 8.42 Å². The predicted octanol–water partition coefficient (Wildman–Crippen LogP) is 3.64. The van der Waals surface area contributed by atoms with E-state index < -0.39 is 14.7 Å². The van der Waals surface area contributed by atoms with Crippen molar-refractivity contribution in [2.75, 3.05) is 5.32 Å². The molecule has 0 fully saturated rings. The standard InChI is InChI=1S/C14H9Cl2N3O2S/c15-10-1-4-12(5-2-10)22(20,21)13(7-17)9-19-14-6-3-11(16)8-18-14/h1-6,8-9H,(H,18,19). The SMILES string of the molecule is N#CC(=CNc1ccc(Cl)cn1)S(=O)(=O)c1ccc(Cl)cc1. The highest BCUT2D eigenvalue weighted by Gasteiger charge is 2.20. The van der Waals surface area contributed by atoms with E-state index in [2.05, 4.69) is 10.3 Å². The minimum Gasteiger partial charge on any atom is -0.345 e. The van der Waals surface area contributed by atoms with Gasteiger partial charge in [-0.15, -0.1) is 0 Å². The zero-order chi connectivity index (χ0) is 16.2. The lowest BCUT2D eigenvalue weighted by Gasteiger charge is -2.04. The topological polar surface area (TPSA) is 82.8 Å². The number of allylic oxidation sites excluding steroid dienone is 1. The molecular formula is C14H9Cl2N3O2S. The number of pyridine rings is 1. The van der Waals surface area contributed by atoms with Crippen LogP contribution < -0.4 is 5.32 Å². The fraction of sp³-hybridized carbons (Fsp3) is 0. The van der Waals surface area contributed by atoms with Crippen LogP contribution in [0, 0.1) is 11.3 Å². The predicted molar refractivity (Wildman–Crippen MR) is 85.2 cm³/mol. The summed E-state index contributed by atoms with van der Waals surface area (Å²) in [5.41, 5.74) is 0. The molecule has 0 atom stereocenters. The minimum absolute atomic E-state index is 0.0180. The zero-order valence-electron chi connectivity index (χ0n) is 11.0. The molecular weight excluding hydrogens is 345 g/mol. The Labute approximate surface area is 137 Å². The zero-order valence-corrected chi connectivity index (χ0v) is 13.3. The van der Waals surface area contributed by atoms with E-state index in [1.54, 1.807) is 18.2 Å². The number of anilines is 1. The average molecular weight is 354 g/mol. The maximum Gasteiger partial charge on any atom is 0.218 e. The van der Waals surface area contributed by atoms with Crippen LogP contribution in [0.15, 0.2) is 58.6 Å². The van der Waals surface area contributed by atoms with Crippen molar-refractivity contribution in [3.8, 4) is 6.07 Å². The Morgan fingerprint density at radius 1 is 1.14 bits per heavy atom. The summed E-state index contributed by atoms with van der Waals surface area (Å²) in [6.45, 7) is 0. The molecule has 0 aliphatic heterocycles. The van der Waals surface area contributed by atoms with Gasteiger partial charge in [-0.05, 0) is 36.4 Å². The molecule has 1 heterocycles. The number of nitrogens with one attached hydrogen (secondary N) is 1. The molecule has 2 aromatic rings. The molecule has 0 saturated carbocycles. The minimum atomic E-state index is -3.92. The van der Waals surface area contributed by atoms with Crippen molar-refractivity contribution in [1.29, 1.82) is 5.26 Å². The first-order chi connectivity index (χ1) is 10.4. The van der Waals surface area contributed by atoms with Crippen molar-refractivity contribution >= 4 is 38.9 Å². The highest BCUT2D eigenvalue weighted by atomic mass is 35.5. The van der Waals surface area contributed by atoms with Crippen LogP contribution in [0.1, 0.15) is 0 Å². The lowest BCUT2D eigenvalue weighted by atomic mass is 10.4. The van der Waals surface area contributed by atoms with Gasteiger partial charge in [-0.2, -0.15) is 5.26 Å². The second-order valence-electron chi connectivity index (χ2n) is 4.08. The first-order valence-corrected chi connectivity index (χ1v) is 8.16. The number of hydrogen-bond donors (Lipinski definition) is 1. The van der Waals surface area contributed by atoms with Crippen LogP contribution in [0.25, 0.3) is 0 Å². The second-order valence-corrected chi connectivity index (χ2v) is 6.87. The van der Waals surface area contributed by atoms with Gasteiger partial charge in [0.05, 0.1) is 9.92 Å². The number of aromatic nitrogens is 1. The number of nitriles is 1. The van der Waals surface area contributed by atoms with Crippen molar-refractivity contribution in [2.24, 2.45) is 0 Å². The van der Waals surface area contributed by atoms with Crippen molar-refractivity contribution in [1.82, 2.24) is 4.98 Å². The van der Waals surface area contributed by atoms with Crippen LogP contribution in [-0.2, 0) is 9.84 Å². The van der Waals surface area contributed by atoms with E-state index >= 15 is 0 Å². The fourth-order valence-electron chi connectivity index (χ4n) is 1.51. The van der Waals surface area contributed by atoms with E-state index in [0.717, 1.165) is 6.20 Å². The van der Waals surface area contributed by atoms with E-state index in [4.69, 9.17) is 28.5 Å². The van der Waals surface area contributed by atoms with Gasteiger partial charge in [0.15, 0.2) is 4.91 Å². The molecule has 22 heavy (non-hydrogen) atoms. The van der Waals surface area contributed by atoms with E-state index in [9.17, 15) is 8.42 Å². The second kappa shape index (κ2) is 6.79. The number of sulfone groups is 1. The van der Waals surface area contributed by atoms with Gasteiger partial charge < -0.3 is 5.32 Å². The molecule has 0 aliphatic carbocycles.